The fourth-order valence-electron chi connectivity index (χ4n) is 3.04. The summed E-state index contributed by atoms with van der Waals surface area (Å²) < 4.78 is 0. The van der Waals surface area contributed by atoms with E-state index in [0.29, 0.717) is 30.4 Å². The number of amides is 1. The van der Waals surface area contributed by atoms with Crippen molar-refractivity contribution in [2.24, 2.45) is 0 Å². The SMILES string of the molecule is CCNc1ncc2c(n1)N(C)CCN(Cc1ccc(CNC)cc1)C2=O. The molecule has 3 rings (SSSR count). The van der Waals surface area contributed by atoms with Crippen LogP contribution in [0.25, 0.3) is 0 Å². The molecule has 0 spiro atoms. The normalized spacial score (nSPS) is 14.2. The third-order valence-electron chi connectivity index (χ3n) is 4.47. The average molecular weight is 354 g/mol. The summed E-state index contributed by atoms with van der Waals surface area (Å²) >= 11 is 0. The number of likely N-dealkylation sites (N-methyl/N-ethyl adjacent to an activating group) is 1. The van der Waals surface area contributed by atoms with Crippen LogP contribution < -0.4 is 15.5 Å². The van der Waals surface area contributed by atoms with Gasteiger partial charge in [-0.05, 0) is 25.1 Å². The molecule has 2 N–H and O–H groups in total. The average Bonchev–Trinajstić information content (AvgIpc) is 2.76. The maximum Gasteiger partial charge on any atom is 0.259 e. The molecule has 1 aliphatic rings. The number of benzene rings is 1. The van der Waals surface area contributed by atoms with Crippen molar-refractivity contribution < 1.29 is 4.79 Å². The fraction of sp³-hybridized carbons (Fsp3) is 0.421. The molecular formula is C19H26N6O. The van der Waals surface area contributed by atoms with Gasteiger partial charge in [0.05, 0.1) is 0 Å². The second-order valence-electron chi connectivity index (χ2n) is 6.46. The summed E-state index contributed by atoms with van der Waals surface area (Å²) in [6, 6.07) is 8.36. The minimum absolute atomic E-state index is 0.0216. The van der Waals surface area contributed by atoms with Gasteiger partial charge < -0.3 is 20.4 Å². The minimum Gasteiger partial charge on any atom is -0.357 e. The van der Waals surface area contributed by atoms with E-state index >= 15 is 0 Å². The van der Waals surface area contributed by atoms with Crippen LogP contribution in [0, 0.1) is 0 Å². The number of fused-ring (bicyclic) bond motifs is 1. The van der Waals surface area contributed by atoms with Crippen molar-refractivity contribution in [1.82, 2.24) is 20.2 Å². The fourth-order valence-corrected chi connectivity index (χ4v) is 3.04. The summed E-state index contributed by atoms with van der Waals surface area (Å²) in [6.45, 7) is 5.55. The lowest BCUT2D eigenvalue weighted by atomic mass is 10.1. The molecule has 0 bridgehead atoms. The molecule has 7 heteroatoms. The maximum absolute atomic E-state index is 13.0. The molecule has 0 saturated heterocycles. The highest BCUT2D eigenvalue weighted by Crippen LogP contribution is 2.23. The number of hydrogen-bond acceptors (Lipinski definition) is 6. The van der Waals surface area contributed by atoms with Gasteiger partial charge in [-0.15, -0.1) is 0 Å². The number of carbonyl (C=O) groups excluding carboxylic acids is 1. The third-order valence-corrected chi connectivity index (χ3v) is 4.47. The molecule has 1 aliphatic heterocycles. The van der Waals surface area contributed by atoms with Crippen LogP contribution in [-0.4, -0.2) is 54.5 Å². The predicted octanol–water partition coefficient (Wildman–Crippen LogP) is 1.72. The van der Waals surface area contributed by atoms with Crippen molar-refractivity contribution >= 4 is 17.7 Å². The van der Waals surface area contributed by atoms with Crippen LogP contribution >= 0.6 is 0 Å². The summed E-state index contributed by atoms with van der Waals surface area (Å²) in [5.41, 5.74) is 2.90. The van der Waals surface area contributed by atoms with Gasteiger partial charge in [-0.1, -0.05) is 24.3 Å². The molecule has 0 aliphatic carbocycles. The monoisotopic (exact) mass is 354 g/mol. The van der Waals surface area contributed by atoms with Gasteiger partial charge >= 0.3 is 0 Å². The summed E-state index contributed by atoms with van der Waals surface area (Å²) in [6.07, 6.45) is 1.63. The molecule has 1 aromatic carbocycles. The van der Waals surface area contributed by atoms with Crippen LogP contribution in [-0.2, 0) is 13.1 Å². The second kappa shape index (κ2) is 8.14. The largest absolute Gasteiger partial charge is 0.357 e. The zero-order chi connectivity index (χ0) is 18.5. The molecule has 0 radical (unpaired) electrons. The zero-order valence-corrected chi connectivity index (χ0v) is 15.6. The minimum atomic E-state index is -0.0216. The molecular weight excluding hydrogens is 328 g/mol. The molecule has 7 nitrogen and oxygen atoms in total. The number of nitrogens with one attached hydrogen (secondary N) is 2. The standard InChI is InChI=1S/C19H26N6O/c1-4-21-19-22-12-16-17(23-19)24(3)9-10-25(18(16)26)13-15-7-5-14(6-8-15)11-20-2/h5-8,12,20H,4,9-11,13H2,1-3H3,(H,21,22,23). The number of aromatic nitrogens is 2. The summed E-state index contributed by atoms with van der Waals surface area (Å²) in [5, 5.41) is 6.24. The highest BCUT2D eigenvalue weighted by Gasteiger charge is 2.27. The van der Waals surface area contributed by atoms with Gasteiger partial charge in [0.2, 0.25) is 5.95 Å². The van der Waals surface area contributed by atoms with Gasteiger partial charge in [0.25, 0.3) is 5.91 Å². The lowest BCUT2D eigenvalue weighted by molar-refractivity contribution is 0.0754. The number of rotatable bonds is 6. The van der Waals surface area contributed by atoms with Crippen LogP contribution in [0.15, 0.2) is 30.5 Å². The van der Waals surface area contributed by atoms with E-state index in [0.717, 1.165) is 25.2 Å². The maximum atomic E-state index is 13.0. The Bertz CT molecular complexity index is 761. The Labute approximate surface area is 154 Å². The van der Waals surface area contributed by atoms with Crippen LogP contribution in [0.3, 0.4) is 0 Å². The Morgan fingerprint density at radius 1 is 1.15 bits per heavy atom. The molecule has 2 heterocycles. The van der Waals surface area contributed by atoms with Gasteiger partial charge in [-0.25, -0.2) is 4.98 Å². The third kappa shape index (κ3) is 3.94. The van der Waals surface area contributed by atoms with E-state index in [9.17, 15) is 4.79 Å². The molecule has 0 saturated carbocycles. The van der Waals surface area contributed by atoms with Gasteiger partial charge in [0.15, 0.2) is 0 Å². The topological polar surface area (TPSA) is 73.4 Å². The Balaban J connectivity index is 1.80. The highest BCUT2D eigenvalue weighted by atomic mass is 16.2. The summed E-state index contributed by atoms with van der Waals surface area (Å²) in [7, 11) is 3.89. The number of carbonyl (C=O) groups is 1. The van der Waals surface area contributed by atoms with Crippen molar-refractivity contribution in [3.63, 3.8) is 0 Å². The second-order valence-corrected chi connectivity index (χ2v) is 6.46. The van der Waals surface area contributed by atoms with Crippen molar-refractivity contribution in [2.75, 3.05) is 43.9 Å². The van der Waals surface area contributed by atoms with E-state index in [1.165, 1.54) is 5.56 Å². The van der Waals surface area contributed by atoms with Crippen molar-refractivity contribution in [3.05, 3.63) is 47.2 Å². The molecule has 0 atom stereocenters. The van der Waals surface area contributed by atoms with Crippen molar-refractivity contribution in [2.45, 2.75) is 20.0 Å². The molecule has 26 heavy (non-hydrogen) atoms. The molecule has 138 valence electrons. The van der Waals surface area contributed by atoms with Crippen LogP contribution in [0.1, 0.15) is 28.4 Å². The number of anilines is 2. The number of hydrogen-bond donors (Lipinski definition) is 2. The van der Waals surface area contributed by atoms with E-state index in [1.54, 1.807) is 6.20 Å². The first-order valence-corrected chi connectivity index (χ1v) is 8.96. The van der Waals surface area contributed by atoms with E-state index in [4.69, 9.17) is 0 Å². The Hall–Kier alpha value is -2.67. The summed E-state index contributed by atoms with van der Waals surface area (Å²) in [5.74, 6) is 1.22. The Kier molecular flexibility index (Phi) is 5.68. The van der Waals surface area contributed by atoms with E-state index in [-0.39, 0.29) is 5.91 Å². The van der Waals surface area contributed by atoms with Gasteiger partial charge in [0, 0.05) is 46.0 Å². The first-order chi connectivity index (χ1) is 12.6. The first kappa shape index (κ1) is 18.1. The zero-order valence-electron chi connectivity index (χ0n) is 15.6. The van der Waals surface area contributed by atoms with Gasteiger partial charge in [-0.2, -0.15) is 4.98 Å². The van der Waals surface area contributed by atoms with E-state index in [1.807, 2.05) is 30.8 Å². The van der Waals surface area contributed by atoms with E-state index in [2.05, 4.69) is 44.9 Å². The summed E-state index contributed by atoms with van der Waals surface area (Å²) in [4.78, 5) is 25.7. The lowest BCUT2D eigenvalue weighted by Gasteiger charge is -2.21. The Morgan fingerprint density at radius 2 is 1.88 bits per heavy atom. The molecule has 2 aromatic rings. The molecule has 0 unspecified atom stereocenters. The van der Waals surface area contributed by atoms with Crippen LogP contribution in [0.2, 0.25) is 0 Å². The first-order valence-electron chi connectivity index (χ1n) is 8.96. The van der Waals surface area contributed by atoms with Crippen LogP contribution in [0.4, 0.5) is 11.8 Å². The molecule has 0 fully saturated rings. The van der Waals surface area contributed by atoms with Crippen molar-refractivity contribution in [3.8, 4) is 0 Å². The lowest BCUT2D eigenvalue weighted by Crippen LogP contribution is -2.33. The van der Waals surface area contributed by atoms with Gasteiger partial charge in [0.1, 0.15) is 11.4 Å². The van der Waals surface area contributed by atoms with Gasteiger partial charge in [-0.3, -0.25) is 4.79 Å². The van der Waals surface area contributed by atoms with E-state index < -0.39 is 0 Å². The Morgan fingerprint density at radius 3 is 2.58 bits per heavy atom. The smallest absolute Gasteiger partial charge is 0.259 e. The quantitative estimate of drug-likeness (QED) is 0.823. The molecule has 1 aromatic heterocycles. The number of nitrogens with zero attached hydrogens (tertiary/aromatic N) is 4. The van der Waals surface area contributed by atoms with Crippen molar-refractivity contribution in [1.29, 1.82) is 0 Å². The highest BCUT2D eigenvalue weighted by molar-refractivity contribution is 5.99. The van der Waals surface area contributed by atoms with Crippen LogP contribution in [0.5, 0.6) is 0 Å². The predicted molar refractivity (Wildman–Crippen MR) is 103 cm³/mol. The molecule has 1 amide bonds.